The minimum Gasteiger partial charge on any atom is -0.483 e. The Kier molecular flexibility index (Phi) is 6.99. The number of benzene rings is 3. The number of carbonyl (C=O) groups is 2. The number of para-hydroxylation sites is 2. The number of ether oxygens (including phenoxy) is 2. The molecule has 2 heterocycles. The van der Waals surface area contributed by atoms with Crippen molar-refractivity contribution in [3.8, 4) is 17.0 Å². The van der Waals surface area contributed by atoms with E-state index in [-0.39, 0.29) is 17.9 Å². The van der Waals surface area contributed by atoms with Crippen LogP contribution in [-0.4, -0.2) is 33.6 Å². The van der Waals surface area contributed by atoms with Gasteiger partial charge >= 0.3 is 6.09 Å². The summed E-state index contributed by atoms with van der Waals surface area (Å²) in [6.45, 7) is 0.100. The summed E-state index contributed by atoms with van der Waals surface area (Å²) in [4.78, 5) is 35.9. The van der Waals surface area contributed by atoms with Gasteiger partial charge in [-0.2, -0.15) is 5.01 Å². The van der Waals surface area contributed by atoms with Gasteiger partial charge in [0.15, 0.2) is 5.75 Å². The lowest BCUT2D eigenvalue weighted by Gasteiger charge is -2.23. The van der Waals surface area contributed by atoms with Gasteiger partial charge < -0.3 is 14.0 Å². The Morgan fingerprint density at radius 2 is 1.63 bits per heavy atom. The van der Waals surface area contributed by atoms with Crippen molar-refractivity contribution >= 4 is 28.6 Å². The highest BCUT2D eigenvalue weighted by Crippen LogP contribution is 2.37. The zero-order valence-electron chi connectivity index (χ0n) is 20.9. The fourth-order valence-corrected chi connectivity index (χ4v) is 4.07. The number of nitrogens with zero attached hydrogens (tertiary/aromatic N) is 4. The number of aryl methyl sites for hydroxylation is 1. The molecule has 0 unspecified atom stereocenters. The number of hydrogen-bond acceptors (Lipinski definition) is 6. The average molecular weight is 508 g/mol. The normalized spacial score (nSPS) is 10.7. The van der Waals surface area contributed by atoms with E-state index in [1.165, 1.54) is 7.11 Å². The van der Waals surface area contributed by atoms with Gasteiger partial charge in [-0.25, -0.2) is 14.8 Å². The maximum absolute atomic E-state index is 14.0. The van der Waals surface area contributed by atoms with E-state index in [0.717, 1.165) is 10.6 Å². The average Bonchev–Trinajstić information content (AvgIpc) is 3.38. The molecule has 0 aliphatic heterocycles. The number of aromatic nitrogens is 3. The smallest absolute Gasteiger partial charge is 0.433 e. The van der Waals surface area contributed by atoms with Crippen molar-refractivity contribution in [1.82, 2.24) is 20.0 Å². The predicted octanol–water partition coefficient (Wildman–Crippen LogP) is 5.13. The lowest BCUT2D eigenvalue weighted by atomic mass is 10.0. The molecule has 2 amide bonds. The fraction of sp³-hybridized carbons (Fsp3) is 0.103. The van der Waals surface area contributed by atoms with E-state index >= 15 is 0 Å². The van der Waals surface area contributed by atoms with Crippen LogP contribution in [-0.2, 0) is 18.4 Å². The highest BCUT2D eigenvalue weighted by molar-refractivity contribution is 6.12. The molecule has 0 fully saturated rings. The summed E-state index contributed by atoms with van der Waals surface area (Å²) in [5.74, 6) is 0.377. The Balaban J connectivity index is 1.67. The molecule has 9 nitrogen and oxygen atoms in total. The first kappa shape index (κ1) is 24.5. The molecule has 9 heteroatoms. The number of methoxy groups -OCH3 is 1. The Morgan fingerprint density at radius 1 is 0.947 bits per heavy atom. The number of imidazole rings is 1. The molecule has 0 bridgehead atoms. The SMILES string of the molecule is COC(=O)N(NC(=O)c1c(OCc2nccn2C)c(-c2ccccc2)nc2ccccc12)c1ccccc1. The molecule has 3 aromatic carbocycles. The summed E-state index contributed by atoms with van der Waals surface area (Å²) < 4.78 is 13.1. The standard InChI is InChI=1S/C29H25N5O4/c1-33-18-17-30-24(33)19-38-27-25(28(35)32-34(29(36)37-2)21-13-7-4-8-14-21)22-15-9-10-16-23(22)31-26(27)20-11-5-3-6-12-20/h3-18H,19H2,1-2H3,(H,32,35). The second-order valence-electron chi connectivity index (χ2n) is 8.37. The van der Waals surface area contributed by atoms with Crippen molar-refractivity contribution < 1.29 is 19.1 Å². The monoisotopic (exact) mass is 507 g/mol. The largest absolute Gasteiger partial charge is 0.483 e. The van der Waals surface area contributed by atoms with Crippen molar-refractivity contribution in [2.75, 3.05) is 12.1 Å². The van der Waals surface area contributed by atoms with Crippen LogP contribution in [0.2, 0.25) is 0 Å². The van der Waals surface area contributed by atoms with Crippen LogP contribution in [0, 0.1) is 0 Å². The van der Waals surface area contributed by atoms with Crippen molar-refractivity contribution in [3.63, 3.8) is 0 Å². The molecule has 1 N–H and O–H groups in total. The summed E-state index contributed by atoms with van der Waals surface area (Å²) in [5.41, 5.74) is 5.24. The second kappa shape index (κ2) is 10.8. The van der Waals surface area contributed by atoms with Gasteiger partial charge in [-0.3, -0.25) is 10.2 Å². The van der Waals surface area contributed by atoms with Gasteiger partial charge in [-0.05, 0) is 18.2 Å². The molecule has 38 heavy (non-hydrogen) atoms. The number of amides is 2. The van der Waals surface area contributed by atoms with Gasteiger partial charge in [0, 0.05) is 30.4 Å². The number of anilines is 1. The van der Waals surface area contributed by atoms with Gasteiger partial charge in [-0.15, -0.1) is 0 Å². The minimum atomic E-state index is -0.748. The maximum atomic E-state index is 14.0. The van der Waals surface area contributed by atoms with Crippen LogP contribution < -0.4 is 15.2 Å². The maximum Gasteiger partial charge on any atom is 0.433 e. The van der Waals surface area contributed by atoms with Gasteiger partial charge in [-0.1, -0.05) is 66.7 Å². The van der Waals surface area contributed by atoms with Crippen LogP contribution in [0.5, 0.6) is 5.75 Å². The molecule has 0 atom stereocenters. The van der Waals surface area contributed by atoms with Crippen LogP contribution in [0.15, 0.2) is 97.3 Å². The zero-order chi connectivity index (χ0) is 26.5. The molecular weight excluding hydrogens is 482 g/mol. The number of hydrazine groups is 1. The first-order valence-corrected chi connectivity index (χ1v) is 11.9. The van der Waals surface area contributed by atoms with Gasteiger partial charge in [0.05, 0.1) is 23.9 Å². The number of pyridine rings is 1. The van der Waals surface area contributed by atoms with E-state index in [1.54, 1.807) is 36.5 Å². The Morgan fingerprint density at radius 3 is 2.32 bits per heavy atom. The Labute approximate surface area is 219 Å². The molecule has 190 valence electrons. The van der Waals surface area contributed by atoms with Crippen molar-refractivity contribution in [1.29, 1.82) is 0 Å². The van der Waals surface area contributed by atoms with E-state index < -0.39 is 12.0 Å². The van der Waals surface area contributed by atoms with Gasteiger partial charge in [0.2, 0.25) is 0 Å². The first-order chi connectivity index (χ1) is 18.6. The topological polar surface area (TPSA) is 98.6 Å². The van der Waals surface area contributed by atoms with E-state index in [9.17, 15) is 9.59 Å². The van der Waals surface area contributed by atoms with Crippen molar-refractivity contribution in [3.05, 3.63) is 109 Å². The van der Waals surface area contributed by atoms with Crippen molar-refractivity contribution in [2.45, 2.75) is 6.61 Å². The molecule has 5 rings (SSSR count). The first-order valence-electron chi connectivity index (χ1n) is 11.9. The number of rotatable bonds is 6. The van der Waals surface area contributed by atoms with Crippen LogP contribution in [0.25, 0.3) is 22.2 Å². The molecule has 0 spiro atoms. The van der Waals surface area contributed by atoms with E-state index in [0.29, 0.717) is 28.1 Å². The van der Waals surface area contributed by atoms with Crippen LogP contribution >= 0.6 is 0 Å². The molecule has 0 saturated heterocycles. The fourth-order valence-electron chi connectivity index (χ4n) is 4.07. The molecule has 0 aliphatic carbocycles. The number of carbonyl (C=O) groups excluding carboxylic acids is 2. The van der Waals surface area contributed by atoms with Crippen molar-refractivity contribution in [2.24, 2.45) is 7.05 Å². The van der Waals surface area contributed by atoms with Gasteiger partial charge in [0.1, 0.15) is 18.1 Å². The van der Waals surface area contributed by atoms with Crippen LogP contribution in [0.3, 0.4) is 0 Å². The molecule has 0 radical (unpaired) electrons. The third-order valence-electron chi connectivity index (χ3n) is 5.97. The quantitative estimate of drug-likeness (QED) is 0.320. The minimum absolute atomic E-state index is 0.100. The molecule has 2 aromatic heterocycles. The highest BCUT2D eigenvalue weighted by Gasteiger charge is 2.27. The third kappa shape index (κ3) is 4.90. The number of hydrogen-bond donors (Lipinski definition) is 1. The summed E-state index contributed by atoms with van der Waals surface area (Å²) in [7, 11) is 3.12. The predicted molar refractivity (Wildman–Crippen MR) is 144 cm³/mol. The summed E-state index contributed by atoms with van der Waals surface area (Å²) in [5, 5.41) is 1.62. The molecule has 0 aliphatic rings. The number of fused-ring (bicyclic) bond motifs is 1. The van der Waals surface area contributed by atoms with Crippen LogP contribution in [0.1, 0.15) is 16.2 Å². The third-order valence-corrected chi connectivity index (χ3v) is 5.97. The molecule has 5 aromatic rings. The summed E-state index contributed by atoms with van der Waals surface area (Å²) in [6.07, 6.45) is 2.75. The lowest BCUT2D eigenvalue weighted by Crippen LogP contribution is -2.46. The number of nitrogens with one attached hydrogen (secondary N) is 1. The van der Waals surface area contributed by atoms with E-state index in [4.69, 9.17) is 14.5 Å². The Bertz CT molecular complexity index is 1590. The highest BCUT2D eigenvalue weighted by atomic mass is 16.5. The molecule has 0 saturated carbocycles. The summed E-state index contributed by atoms with van der Waals surface area (Å²) in [6, 6.07) is 25.5. The van der Waals surface area contributed by atoms with Gasteiger partial charge in [0.25, 0.3) is 5.91 Å². The molecular formula is C29H25N5O4. The lowest BCUT2D eigenvalue weighted by molar-refractivity contribution is 0.0938. The Hall–Kier alpha value is -5.18. The van der Waals surface area contributed by atoms with E-state index in [1.807, 2.05) is 72.4 Å². The van der Waals surface area contributed by atoms with E-state index in [2.05, 4.69) is 10.4 Å². The second-order valence-corrected chi connectivity index (χ2v) is 8.37. The zero-order valence-corrected chi connectivity index (χ0v) is 20.9. The van der Waals surface area contributed by atoms with Crippen LogP contribution in [0.4, 0.5) is 10.5 Å². The summed E-state index contributed by atoms with van der Waals surface area (Å²) >= 11 is 0.